The number of anilines is 2. The molecule has 0 aliphatic rings. The summed E-state index contributed by atoms with van der Waals surface area (Å²) in [5.41, 5.74) is 11.2. The standard InChI is InChI=1S/C19H17N5O/c1-2-19(25)22-13-4-6-15-14(9-13)11(10-21-15)7-18-23-16-5-3-12(20)8-17(16)24-18/h2-6,8-10,21H,1,7,20H2,(H,22,25)(H,23,24). The average Bonchev–Trinajstić information content (AvgIpc) is 3.18. The van der Waals surface area contributed by atoms with Gasteiger partial charge in [0.05, 0.1) is 11.0 Å². The Balaban J connectivity index is 1.68. The molecule has 6 nitrogen and oxygen atoms in total. The summed E-state index contributed by atoms with van der Waals surface area (Å²) >= 11 is 0. The number of aromatic nitrogens is 3. The number of nitrogens with two attached hydrogens (primary N) is 1. The smallest absolute Gasteiger partial charge is 0.247 e. The maximum atomic E-state index is 11.5. The van der Waals surface area contributed by atoms with E-state index in [9.17, 15) is 4.79 Å². The van der Waals surface area contributed by atoms with Gasteiger partial charge in [0.25, 0.3) is 0 Å². The first-order valence-corrected chi connectivity index (χ1v) is 7.90. The Hall–Kier alpha value is -3.54. The van der Waals surface area contributed by atoms with Crippen molar-refractivity contribution < 1.29 is 4.79 Å². The van der Waals surface area contributed by atoms with E-state index in [0.717, 1.165) is 39.0 Å². The fourth-order valence-electron chi connectivity index (χ4n) is 2.94. The minimum atomic E-state index is -0.230. The molecule has 0 radical (unpaired) electrons. The highest BCUT2D eigenvalue weighted by Crippen LogP contribution is 2.25. The second-order valence-electron chi connectivity index (χ2n) is 5.90. The monoisotopic (exact) mass is 331 g/mol. The number of nitrogens with one attached hydrogen (secondary N) is 3. The normalized spacial score (nSPS) is 11.0. The van der Waals surface area contributed by atoms with Gasteiger partial charge < -0.3 is 21.0 Å². The zero-order valence-corrected chi connectivity index (χ0v) is 13.5. The highest BCUT2D eigenvalue weighted by molar-refractivity contribution is 6.00. The summed E-state index contributed by atoms with van der Waals surface area (Å²) in [5.74, 6) is 0.633. The molecule has 0 saturated heterocycles. The topological polar surface area (TPSA) is 99.6 Å². The number of imidazole rings is 1. The highest BCUT2D eigenvalue weighted by Gasteiger charge is 2.10. The molecule has 0 atom stereocenters. The Morgan fingerprint density at radius 3 is 2.92 bits per heavy atom. The SMILES string of the molecule is C=CC(=O)Nc1ccc2[nH]cc(Cc3nc4cc(N)ccc4[nH]3)c2c1. The fourth-order valence-corrected chi connectivity index (χ4v) is 2.94. The van der Waals surface area contributed by atoms with E-state index in [1.807, 2.05) is 42.6 Å². The Bertz CT molecular complexity index is 1110. The molecule has 25 heavy (non-hydrogen) atoms. The minimum Gasteiger partial charge on any atom is -0.399 e. The van der Waals surface area contributed by atoms with E-state index in [2.05, 4.69) is 26.8 Å². The van der Waals surface area contributed by atoms with Crippen molar-refractivity contribution >= 4 is 39.2 Å². The molecule has 0 bridgehead atoms. The van der Waals surface area contributed by atoms with Crippen molar-refractivity contribution in [1.82, 2.24) is 15.0 Å². The second kappa shape index (κ2) is 5.83. The first kappa shape index (κ1) is 15.0. The van der Waals surface area contributed by atoms with Crippen LogP contribution in [0, 0.1) is 0 Å². The van der Waals surface area contributed by atoms with E-state index in [-0.39, 0.29) is 5.91 Å². The summed E-state index contributed by atoms with van der Waals surface area (Å²) < 4.78 is 0. The number of nitrogen functional groups attached to an aromatic ring is 1. The molecule has 6 heteroatoms. The first-order chi connectivity index (χ1) is 12.1. The molecule has 0 unspecified atom stereocenters. The van der Waals surface area contributed by atoms with Crippen LogP contribution in [-0.2, 0) is 11.2 Å². The predicted octanol–water partition coefficient (Wildman–Crippen LogP) is 3.34. The van der Waals surface area contributed by atoms with E-state index in [0.29, 0.717) is 12.1 Å². The molecule has 5 N–H and O–H groups in total. The number of H-pyrrole nitrogens is 2. The number of carbonyl (C=O) groups excluding carboxylic acids is 1. The third kappa shape index (κ3) is 2.85. The predicted molar refractivity (Wildman–Crippen MR) is 100 cm³/mol. The lowest BCUT2D eigenvalue weighted by atomic mass is 10.1. The minimum absolute atomic E-state index is 0.230. The first-order valence-electron chi connectivity index (χ1n) is 7.90. The Morgan fingerprint density at radius 1 is 1.24 bits per heavy atom. The van der Waals surface area contributed by atoms with Crippen LogP contribution < -0.4 is 11.1 Å². The molecule has 2 heterocycles. The quantitative estimate of drug-likeness (QED) is 0.341. The van der Waals surface area contributed by atoms with Gasteiger partial charge in [0.2, 0.25) is 5.91 Å². The summed E-state index contributed by atoms with van der Waals surface area (Å²) in [6, 6.07) is 11.4. The lowest BCUT2D eigenvalue weighted by Gasteiger charge is -2.03. The van der Waals surface area contributed by atoms with Crippen molar-refractivity contribution in [1.29, 1.82) is 0 Å². The van der Waals surface area contributed by atoms with Crippen molar-refractivity contribution in [2.24, 2.45) is 0 Å². The van der Waals surface area contributed by atoms with Crippen molar-refractivity contribution in [2.75, 3.05) is 11.1 Å². The molecule has 2 aromatic carbocycles. The Kier molecular flexibility index (Phi) is 3.50. The van der Waals surface area contributed by atoms with E-state index in [1.165, 1.54) is 6.08 Å². The van der Waals surface area contributed by atoms with E-state index in [4.69, 9.17) is 5.73 Å². The van der Waals surface area contributed by atoms with Gasteiger partial charge >= 0.3 is 0 Å². The van der Waals surface area contributed by atoms with Crippen molar-refractivity contribution in [3.05, 3.63) is 66.6 Å². The van der Waals surface area contributed by atoms with Crippen LogP contribution in [0.1, 0.15) is 11.4 Å². The molecule has 4 rings (SSSR count). The number of amides is 1. The maximum Gasteiger partial charge on any atom is 0.247 e. The highest BCUT2D eigenvalue weighted by atomic mass is 16.1. The Labute approximate surface area is 143 Å². The van der Waals surface area contributed by atoms with Gasteiger partial charge in [-0.25, -0.2) is 4.98 Å². The summed E-state index contributed by atoms with van der Waals surface area (Å²) in [6.07, 6.45) is 3.86. The van der Waals surface area contributed by atoms with Crippen LogP contribution in [0.3, 0.4) is 0 Å². The summed E-state index contributed by atoms with van der Waals surface area (Å²) in [4.78, 5) is 22.7. The average molecular weight is 331 g/mol. The molecule has 124 valence electrons. The van der Waals surface area contributed by atoms with Gasteiger partial charge in [-0.05, 0) is 48.0 Å². The number of hydrogen-bond acceptors (Lipinski definition) is 3. The molecule has 4 aromatic rings. The lowest BCUT2D eigenvalue weighted by Crippen LogP contribution is -2.06. The summed E-state index contributed by atoms with van der Waals surface area (Å²) in [7, 11) is 0. The zero-order chi connectivity index (χ0) is 17.4. The molecule has 0 aliphatic carbocycles. The number of carbonyl (C=O) groups is 1. The molecule has 1 amide bonds. The molecule has 2 aromatic heterocycles. The van der Waals surface area contributed by atoms with Crippen LogP contribution in [0.25, 0.3) is 21.9 Å². The van der Waals surface area contributed by atoms with Crippen molar-refractivity contribution in [3.63, 3.8) is 0 Å². The van der Waals surface area contributed by atoms with Gasteiger partial charge in [0, 0.05) is 34.9 Å². The molecule has 0 aliphatic heterocycles. The fraction of sp³-hybridized carbons (Fsp3) is 0.0526. The molecule has 0 spiro atoms. The molecular weight excluding hydrogens is 314 g/mol. The van der Waals surface area contributed by atoms with Crippen LogP contribution in [-0.4, -0.2) is 20.9 Å². The van der Waals surface area contributed by atoms with Crippen LogP contribution >= 0.6 is 0 Å². The number of rotatable bonds is 4. The van der Waals surface area contributed by atoms with E-state index in [1.54, 1.807) is 0 Å². The number of benzene rings is 2. The Morgan fingerprint density at radius 2 is 2.08 bits per heavy atom. The molecule has 0 fully saturated rings. The second-order valence-corrected chi connectivity index (χ2v) is 5.90. The maximum absolute atomic E-state index is 11.5. The van der Waals surface area contributed by atoms with Crippen LogP contribution in [0.4, 0.5) is 11.4 Å². The van der Waals surface area contributed by atoms with Gasteiger partial charge in [0.1, 0.15) is 5.82 Å². The van der Waals surface area contributed by atoms with Gasteiger partial charge in [-0.1, -0.05) is 6.58 Å². The van der Waals surface area contributed by atoms with Gasteiger partial charge in [-0.15, -0.1) is 0 Å². The number of nitrogens with zero attached hydrogens (tertiary/aromatic N) is 1. The number of hydrogen-bond donors (Lipinski definition) is 4. The third-order valence-electron chi connectivity index (χ3n) is 4.13. The van der Waals surface area contributed by atoms with Crippen LogP contribution in [0.15, 0.2) is 55.3 Å². The van der Waals surface area contributed by atoms with E-state index < -0.39 is 0 Å². The molecule has 0 saturated carbocycles. The summed E-state index contributed by atoms with van der Waals surface area (Å²) in [5, 5.41) is 3.83. The zero-order valence-electron chi connectivity index (χ0n) is 13.5. The third-order valence-corrected chi connectivity index (χ3v) is 4.13. The van der Waals surface area contributed by atoms with Crippen LogP contribution in [0.5, 0.6) is 0 Å². The molecular formula is C19H17N5O. The van der Waals surface area contributed by atoms with Gasteiger partial charge in [-0.3, -0.25) is 4.79 Å². The summed E-state index contributed by atoms with van der Waals surface area (Å²) in [6.45, 7) is 3.47. The number of fused-ring (bicyclic) bond motifs is 2. The van der Waals surface area contributed by atoms with Gasteiger partial charge in [0.15, 0.2) is 0 Å². The number of aromatic amines is 2. The van der Waals surface area contributed by atoms with Crippen molar-refractivity contribution in [3.8, 4) is 0 Å². The van der Waals surface area contributed by atoms with Crippen LogP contribution in [0.2, 0.25) is 0 Å². The van der Waals surface area contributed by atoms with Crippen molar-refractivity contribution in [2.45, 2.75) is 6.42 Å². The lowest BCUT2D eigenvalue weighted by molar-refractivity contribution is -0.111. The largest absolute Gasteiger partial charge is 0.399 e. The van der Waals surface area contributed by atoms with E-state index >= 15 is 0 Å². The van der Waals surface area contributed by atoms with Gasteiger partial charge in [-0.2, -0.15) is 0 Å².